The minimum Gasteiger partial charge on any atom is -0.347 e. The fourth-order valence-corrected chi connectivity index (χ4v) is 2.85. The molecule has 0 aromatic rings. The Balaban J connectivity index is 2.06. The summed E-state index contributed by atoms with van der Waals surface area (Å²) in [7, 11) is 2.06. The van der Waals surface area contributed by atoms with Crippen LogP contribution in [0.2, 0.25) is 0 Å². The van der Waals surface area contributed by atoms with E-state index in [0.29, 0.717) is 12.0 Å². The van der Waals surface area contributed by atoms with Gasteiger partial charge in [-0.2, -0.15) is 0 Å². The van der Waals surface area contributed by atoms with Crippen LogP contribution in [0, 0.1) is 5.92 Å². The van der Waals surface area contributed by atoms with Gasteiger partial charge >= 0.3 is 0 Å². The fraction of sp³-hybridized carbons (Fsp3) is 0.667. The van der Waals surface area contributed by atoms with Gasteiger partial charge in [0.2, 0.25) is 5.91 Å². The van der Waals surface area contributed by atoms with E-state index in [2.05, 4.69) is 29.4 Å². The normalized spacial score (nSPS) is 49.9. The number of carbonyl (C=O) groups is 1. The molecule has 2 heterocycles. The van der Waals surface area contributed by atoms with Gasteiger partial charge in [-0.25, -0.2) is 0 Å². The van der Waals surface area contributed by atoms with Gasteiger partial charge in [-0.1, -0.05) is 12.2 Å². The van der Waals surface area contributed by atoms with Gasteiger partial charge in [0.05, 0.1) is 12.1 Å². The maximum Gasteiger partial charge on any atom is 0.237 e. The Labute approximate surface area is 71.4 Å². The van der Waals surface area contributed by atoms with Gasteiger partial charge in [-0.05, 0) is 19.4 Å². The number of nitrogens with zero attached hydrogens (tertiary/aromatic N) is 1. The zero-order valence-corrected chi connectivity index (χ0v) is 7.03. The maximum absolute atomic E-state index is 11.5. The van der Waals surface area contributed by atoms with Crippen molar-refractivity contribution in [2.24, 2.45) is 5.92 Å². The third-order valence-electron chi connectivity index (χ3n) is 3.44. The first-order valence-electron chi connectivity index (χ1n) is 4.48. The smallest absolute Gasteiger partial charge is 0.237 e. The van der Waals surface area contributed by atoms with E-state index < -0.39 is 0 Å². The van der Waals surface area contributed by atoms with Crippen molar-refractivity contribution in [1.29, 1.82) is 0 Å². The second-order valence-corrected chi connectivity index (χ2v) is 3.99. The molecule has 2 fully saturated rings. The molecule has 0 saturated carbocycles. The molecule has 3 aliphatic rings. The summed E-state index contributed by atoms with van der Waals surface area (Å²) in [5.74, 6) is 0.828. The first kappa shape index (κ1) is 6.66. The largest absolute Gasteiger partial charge is 0.347 e. The van der Waals surface area contributed by atoms with Crippen LogP contribution in [0.3, 0.4) is 0 Å². The Hall–Kier alpha value is -0.830. The van der Waals surface area contributed by atoms with Crippen molar-refractivity contribution >= 4 is 5.91 Å². The number of hydrogen-bond donors (Lipinski definition) is 1. The summed E-state index contributed by atoms with van der Waals surface area (Å²) in [4.78, 5) is 13.7. The Kier molecular flexibility index (Phi) is 1.06. The molecule has 4 atom stereocenters. The number of rotatable bonds is 0. The molecule has 3 rings (SSSR count). The van der Waals surface area contributed by atoms with Crippen LogP contribution in [0.4, 0.5) is 0 Å². The molecule has 0 aromatic carbocycles. The highest BCUT2D eigenvalue weighted by molar-refractivity contribution is 5.84. The average Bonchev–Trinajstić information content (AvgIpc) is 2.48. The second kappa shape index (κ2) is 1.91. The zero-order valence-electron chi connectivity index (χ0n) is 7.03. The third kappa shape index (κ3) is 0.591. The lowest BCUT2D eigenvalue weighted by Gasteiger charge is -2.35. The van der Waals surface area contributed by atoms with Gasteiger partial charge in [-0.15, -0.1) is 0 Å². The molecule has 0 radical (unpaired) electrons. The van der Waals surface area contributed by atoms with Crippen LogP contribution in [0.5, 0.6) is 0 Å². The standard InChI is InChI=1S/C9H12N2O/c1-11-7-4-5-2-3-6(8(5)11)10-9(7)12/h2-3,5-8H,4H2,1H3,(H,10,12)/t5-,6-,7-,8?/m1/s1. The monoisotopic (exact) mass is 164 g/mol. The van der Waals surface area contributed by atoms with E-state index in [1.165, 1.54) is 0 Å². The van der Waals surface area contributed by atoms with Crippen molar-refractivity contribution in [3.8, 4) is 0 Å². The van der Waals surface area contributed by atoms with Crippen molar-refractivity contribution in [3.63, 3.8) is 0 Å². The highest BCUT2D eigenvalue weighted by atomic mass is 16.2. The summed E-state index contributed by atoms with van der Waals surface area (Å²) in [5.41, 5.74) is 0. The van der Waals surface area contributed by atoms with Crippen LogP contribution >= 0.6 is 0 Å². The van der Waals surface area contributed by atoms with Crippen molar-refractivity contribution < 1.29 is 4.79 Å². The van der Waals surface area contributed by atoms with E-state index in [4.69, 9.17) is 0 Å². The molecule has 2 bridgehead atoms. The lowest BCUT2D eigenvalue weighted by molar-refractivity contribution is -0.128. The third-order valence-corrected chi connectivity index (χ3v) is 3.44. The number of hydrogen-bond acceptors (Lipinski definition) is 2. The van der Waals surface area contributed by atoms with Gasteiger partial charge in [0.15, 0.2) is 0 Å². The highest BCUT2D eigenvalue weighted by Gasteiger charge is 2.51. The summed E-state index contributed by atoms with van der Waals surface area (Å²) in [6.07, 6.45) is 5.41. The predicted octanol–water partition coefficient (Wildman–Crippen LogP) is -0.257. The van der Waals surface area contributed by atoms with Crippen molar-refractivity contribution in [1.82, 2.24) is 10.2 Å². The Morgan fingerprint density at radius 1 is 1.58 bits per heavy atom. The summed E-state index contributed by atoms with van der Waals surface area (Å²) in [6, 6.07) is 0.972. The van der Waals surface area contributed by atoms with Crippen LogP contribution in [0.15, 0.2) is 12.2 Å². The van der Waals surface area contributed by atoms with Crippen LogP contribution in [0.25, 0.3) is 0 Å². The Bertz CT molecular complexity index is 274. The number of piperazine rings is 1. The maximum atomic E-state index is 11.5. The molecule has 1 aliphatic carbocycles. The van der Waals surface area contributed by atoms with E-state index in [1.807, 2.05) is 0 Å². The van der Waals surface area contributed by atoms with Gasteiger partial charge in [0.25, 0.3) is 0 Å². The Morgan fingerprint density at radius 2 is 2.42 bits per heavy atom. The van der Waals surface area contributed by atoms with Crippen molar-refractivity contribution in [2.75, 3.05) is 7.05 Å². The molecule has 1 unspecified atom stereocenters. The van der Waals surface area contributed by atoms with E-state index in [0.717, 1.165) is 6.42 Å². The number of carbonyl (C=O) groups excluding carboxylic acids is 1. The molecular weight excluding hydrogens is 152 g/mol. The topological polar surface area (TPSA) is 32.3 Å². The number of likely N-dealkylation sites (N-methyl/N-ethyl adjacent to an activating group) is 1. The van der Waals surface area contributed by atoms with E-state index >= 15 is 0 Å². The minimum atomic E-state index is 0.140. The molecule has 1 N–H and O–H groups in total. The molecule has 64 valence electrons. The van der Waals surface area contributed by atoms with E-state index in [9.17, 15) is 4.79 Å². The van der Waals surface area contributed by atoms with Crippen molar-refractivity contribution in [3.05, 3.63) is 12.2 Å². The molecule has 3 nitrogen and oxygen atoms in total. The summed E-state index contributed by atoms with van der Waals surface area (Å²) in [6.45, 7) is 0. The lowest BCUT2D eigenvalue weighted by Crippen LogP contribution is -2.58. The SMILES string of the molecule is CN1C2[C@@H]3C=C[C@H]2NC(=O)[C@H]1C3. The highest BCUT2D eigenvalue weighted by Crippen LogP contribution is 2.38. The average molecular weight is 164 g/mol. The Morgan fingerprint density at radius 3 is 3.25 bits per heavy atom. The van der Waals surface area contributed by atoms with Gasteiger partial charge in [0, 0.05) is 6.04 Å². The van der Waals surface area contributed by atoms with Crippen LogP contribution in [0.1, 0.15) is 6.42 Å². The molecule has 0 spiro atoms. The minimum absolute atomic E-state index is 0.140. The molecular formula is C9H12N2O. The molecule has 0 aromatic heterocycles. The quantitative estimate of drug-likeness (QED) is 0.500. The second-order valence-electron chi connectivity index (χ2n) is 3.99. The summed E-state index contributed by atoms with van der Waals surface area (Å²) < 4.78 is 0. The van der Waals surface area contributed by atoms with Gasteiger partial charge in [-0.3, -0.25) is 9.69 Å². The summed E-state index contributed by atoms with van der Waals surface area (Å²) >= 11 is 0. The van der Waals surface area contributed by atoms with Crippen LogP contribution in [-0.4, -0.2) is 36.0 Å². The van der Waals surface area contributed by atoms with Crippen LogP contribution < -0.4 is 5.32 Å². The first-order valence-corrected chi connectivity index (χ1v) is 4.48. The van der Waals surface area contributed by atoms with Crippen LogP contribution in [-0.2, 0) is 4.79 Å². The van der Waals surface area contributed by atoms with Gasteiger partial charge < -0.3 is 5.32 Å². The molecule has 12 heavy (non-hydrogen) atoms. The van der Waals surface area contributed by atoms with Crippen molar-refractivity contribution in [2.45, 2.75) is 24.5 Å². The molecule has 1 amide bonds. The molecule has 2 saturated heterocycles. The number of amides is 1. The molecule has 3 heteroatoms. The number of nitrogens with one attached hydrogen (secondary N) is 1. The zero-order chi connectivity index (χ0) is 8.29. The summed E-state index contributed by atoms with van der Waals surface area (Å²) in [5, 5.41) is 3.03. The van der Waals surface area contributed by atoms with E-state index in [-0.39, 0.29) is 18.0 Å². The van der Waals surface area contributed by atoms with Gasteiger partial charge in [0.1, 0.15) is 0 Å². The first-order chi connectivity index (χ1) is 5.77. The number of fused-ring (bicyclic) bond motifs is 1. The fourth-order valence-electron chi connectivity index (χ4n) is 2.85. The lowest BCUT2D eigenvalue weighted by atomic mass is 10.0. The molecule has 2 aliphatic heterocycles. The predicted molar refractivity (Wildman–Crippen MR) is 44.5 cm³/mol. The van der Waals surface area contributed by atoms with E-state index in [1.54, 1.807) is 0 Å².